The summed E-state index contributed by atoms with van der Waals surface area (Å²) in [6, 6.07) is 16.2. The lowest BCUT2D eigenvalue weighted by molar-refractivity contribution is -0.0269. The van der Waals surface area contributed by atoms with Crippen molar-refractivity contribution >= 4 is 27.1 Å². The number of benzene rings is 2. The van der Waals surface area contributed by atoms with E-state index in [1.54, 1.807) is 12.1 Å². The van der Waals surface area contributed by atoms with Crippen molar-refractivity contribution in [2.75, 3.05) is 13.1 Å². The van der Waals surface area contributed by atoms with Gasteiger partial charge in [0.05, 0.1) is 23.2 Å². The molecule has 2 unspecified atom stereocenters. The van der Waals surface area contributed by atoms with Crippen LogP contribution in [0.5, 0.6) is 0 Å². The smallest absolute Gasteiger partial charge is 0.407 e. The average molecular weight is 581 g/mol. The molecule has 4 heterocycles. The molecule has 12 nitrogen and oxygen atoms in total. The fraction of sp³-hybridized carbons (Fsp3) is 0.429. The fourth-order valence-electron chi connectivity index (χ4n) is 5.76. The molecule has 0 aliphatic carbocycles. The van der Waals surface area contributed by atoms with E-state index in [4.69, 9.17) is 9.26 Å². The third kappa shape index (κ3) is 5.83. The number of aromatic nitrogens is 4. The Kier molecular flexibility index (Phi) is 7.73. The van der Waals surface area contributed by atoms with E-state index >= 15 is 0 Å². The Balaban J connectivity index is 1.12. The molecule has 2 saturated heterocycles. The van der Waals surface area contributed by atoms with Gasteiger partial charge >= 0.3 is 6.09 Å². The summed E-state index contributed by atoms with van der Waals surface area (Å²) in [7, 11) is -3.92. The predicted octanol–water partition coefficient (Wildman–Crippen LogP) is 4.13. The summed E-state index contributed by atoms with van der Waals surface area (Å²) >= 11 is 0. The third-order valence-electron chi connectivity index (χ3n) is 7.83. The van der Waals surface area contributed by atoms with Crippen LogP contribution in [-0.2, 0) is 27.8 Å². The number of carbonyl (C=O) groups is 1. The minimum Gasteiger partial charge on any atom is -0.465 e. The van der Waals surface area contributed by atoms with Crippen LogP contribution in [0, 0.1) is 0 Å². The second kappa shape index (κ2) is 11.6. The first kappa shape index (κ1) is 27.4. The van der Waals surface area contributed by atoms with Gasteiger partial charge in [-0.1, -0.05) is 54.0 Å². The second-order valence-electron chi connectivity index (χ2n) is 10.5. The maximum Gasteiger partial charge on any atom is 0.407 e. The summed E-state index contributed by atoms with van der Waals surface area (Å²) in [6.45, 7) is 0.768. The average Bonchev–Trinajstić information content (AvgIpc) is 3.65. The molecular formula is C28H32N6O6S. The zero-order chi connectivity index (χ0) is 28.4. The molecule has 216 valence electrons. The number of rotatable bonds is 8. The maximum atomic E-state index is 13.6. The van der Waals surface area contributed by atoms with Crippen LogP contribution in [0.25, 0.3) is 11.0 Å². The van der Waals surface area contributed by atoms with Crippen molar-refractivity contribution < 1.29 is 27.6 Å². The highest BCUT2D eigenvalue weighted by atomic mass is 32.2. The second-order valence-corrected chi connectivity index (χ2v) is 12.3. The monoisotopic (exact) mass is 580 g/mol. The van der Waals surface area contributed by atoms with Crippen molar-refractivity contribution in [1.29, 1.82) is 0 Å². The number of hydrogen-bond acceptors (Lipinski definition) is 8. The molecule has 2 aliphatic rings. The predicted molar refractivity (Wildman–Crippen MR) is 147 cm³/mol. The Morgan fingerprint density at radius 1 is 1.05 bits per heavy atom. The molecule has 13 heteroatoms. The van der Waals surface area contributed by atoms with E-state index in [1.165, 1.54) is 9.21 Å². The SMILES string of the molecule is O=C(O)N1CCC(OCc2nc([C@@H]3CCCCN3S(=O)(=O)c3nc4ccccc4[nH]3)no2)CC1Cc1ccccc1. The first-order chi connectivity index (χ1) is 19.9. The lowest BCUT2D eigenvalue weighted by Crippen LogP contribution is -2.48. The largest absolute Gasteiger partial charge is 0.465 e. The van der Waals surface area contributed by atoms with E-state index in [9.17, 15) is 18.3 Å². The van der Waals surface area contributed by atoms with Gasteiger partial charge < -0.3 is 24.3 Å². The third-order valence-corrected chi connectivity index (χ3v) is 9.56. The summed E-state index contributed by atoms with van der Waals surface area (Å²) in [4.78, 5) is 25.1. The Hall–Kier alpha value is -3.81. The quantitative estimate of drug-likeness (QED) is 0.313. The van der Waals surface area contributed by atoms with Gasteiger partial charge in [-0.05, 0) is 49.8 Å². The van der Waals surface area contributed by atoms with E-state index < -0.39 is 22.2 Å². The molecule has 1 amide bonds. The molecule has 2 aromatic heterocycles. The fourth-order valence-corrected chi connectivity index (χ4v) is 7.34. The number of amides is 1. The molecule has 2 fully saturated rings. The van der Waals surface area contributed by atoms with Crippen LogP contribution in [0.3, 0.4) is 0 Å². The highest BCUT2D eigenvalue weighted by molar-refractivity contribution is 7.89. The Morgan fingerprint density at radius 3 is 2.66 bits per heavy atom. The summed E-state index contributed by atoms with van der Waals surface area (Å²) in [5.74, 6) is 0.553. The molecule has 6 rings (SSSR count). The summed E-state index contributed by atoms with van der Waals surface area (Å²) in [6.07, 6.45) is 2.74. The first-order valence-electron chi connectivity index (χ1n) is 13.8. The summed E-state index contributed by atoms with van der Waals surface area (Å²) in [5, 5.41) is 13.7. The van der Waals surface area contributed by atoms with Crippen molar-refractivity contribution in [2.24, 2.45) is 0 Å². The van der Waals surface area contributed by atoms with Gasteiger partial charge in [-0.15, -0.1) is 0 Å². The lowest BCUT2D eigenvalue weighted by atomic mass is 9.94. The minimum absolute atomic E-state index is 0.0613. The number of para-hydroxylation sites is 2. The number of piperidine rings is 2. The molecular weight excluding hydrogens is 548 g/mol. The van der Waals surface area contributed by atoms with Crippen LogP contribution in [0.2, 0.25) is 0 Å². The Labute approximate surface area is 237 Å². The Morgan fingerprint density at radius 2 is 1.85 bits per heavy atom. The normalized spacial score (nSPS) is 22.2. The van der Waals surface area contributed by atoms with E-state index in [0.29, 0.717) is 55.6 Å². The van der Waals surface area contributed by atoms with Crippen LogP contribution in [-0.4, -0.2) is 74.2 Å². The van der Waals surface area contributed by atoms with Crippen molar-refractivity contribution in [3.63, 3.8) is 0 Å². The molecule has 41 heavy (non-hydrogen) atoms. The van der Waals surface area contributed by atoms with E-state index in [-0.39, 0.29) is 29.8 Å². The standard InChI is InChI=1S/C28H32N6O6S/c35-28(36)33-15-13-21(17-20(33)16-19-8-2-1-3-9-19)39-18-25-31-26(32-40-25)24-12-6-7-14-34(24)41(37,38)27-29-22-10-4-5-11-23(22)30-27/h1-5,8-11,20-21,24H,6-7,12-18H2,(H,29,30)(H,35,36)/t20?,21?,24-/m0/s1. The number of imidazole rings is 1. The van der Waals surface area contributed by atoms with E-state index in [0.717, 1.165) is 18.4 Å². The van der Waals surface area contributed by atoms with E-state index in [2.05, 4.69) is 20.1 Å². The van der Waals surface area contributed by atoms with Crippen molar-refractivity contribution in [3.8, 4) is 0 Å². The van der Waals surface area contributed by atoms with Gasteiger partial charge in [-0.3, -0.25) is 0 Å². The summed E-state index contributed by atoms with van der Waals surface area (Å²) < 4.78 is 40.2. The lowest BCUT2D eigenvalue weighted by Gasteiger charge is -2.37. The van der Waals surface area contributed by atoms with Gasteiger partial charge in [-0.25, -0.2) is 18.2 Å². The molecule has 0 radical (unpaired) electrons. The molecule has 2 aromatic carbocycles. The number of sulfonamides is 1. The number of carboxylic acid groups (broad SMARTS) is 1. The van der Waals surface area contributed by atoms with Crippen molar-refractivity contribution in [1.82, 2.24) is 29.3 Å². The minimum atomic E-state index is -3.92. The molecule has 0 spiro atoms. The number of nitrogens with zero attached hydrogens (tertiary/aromatic N) is 5. The van der Waals surface area contributed by atoms with Gasteiger partial charge in [0, 0.05) is 19.1 Å². The number of H-pyrrole nitrogens is 1. The van der Waals surface area contributed by atoms with E-state index in [1.807, 2.05) is 42.5 Å². The van der Waals surface area contributed by atoms with Crippen LogP contribution < -0.4 is 0 Å². The van der Waals surface area contributed by atoms with Crippen molar-refractivity contribution in [3.05, 3.63) is 71.9 Å². The van der Waals surface area contributed by atoms with Gasteiger partial charge in [0.25, 0.3) is 15.9 Å². The zero-order valence-electron chi connectivity index (χ0n) is 22.4. The molecule has 2 N–H and O–H groups in total. The van der Waals surface area contributed by atoms with Gasteiger partial charge in [0.1, 0.15) is 6.61 Å². The summed E-state index contributed by atoms with van der Waals surface area (Å²) in [5.41, 5.74) is 2.30. The highest BCUT2D eigenvalue weighted by Crippen LogP contribution is 2.34. The van der Waals surface area contributed by atoms with Crippen molar-refractivity contribution in [2.45, 2.75) is 68.5 Å². The number of likely N-dealkylation sites (tertiary alicyclic amines) is 1. The Bertz CT molecular complexity index is 1570. The van der Waals surface area contributed by atoms with Crippen LogP contribution >= 0.6 is 0 Å². The molecule has 2 aliphatic heterocycles. The van der Waals surface area contributed by atoms with Crippen LogP contribution in [0.1, 0.15) is 55.4 Å². The number of ether oxygens (including phenoxy) is 1. The molecule has 0 saturated carbocycles. The maximum absolute atomic E-state index is 13.6. The topological polar surface area (TPSA) is 155 Å². The molecule has 0 bridgehead atoms. The van der Waals surface area contributed by atoms with Gasteiger partial charge in [-0.2, -0.15) is 9.29 Å². The van der Waals surface area contributed by atoms with Crippen LogP contribution in [0.15, 0.2) is 64.3 Å². The first-order valence-corrected chi connectivity index (χ1v) is 15.3. The number of fused-ring (bicyclic) bond motifs is 1. The number of nitrogens with one attached hydrogen (secondary N) is 1. The zero-order valence-corrected chi connectivity index (χ0v) is 23.2. The molecule has 4 aromatic rings. The van der Waals surface area contributed by atoms with Gasteiger partial charge in [0.15, 0.2) is 5.82 Å². The van der Waals surface area contributed by atoms with Crippen LogP contribution in [0.4, 0.5) is 4.79 Å². The highest BCUT2D eigenvalue weighted by Gasteiger charge is 2.39. The molecule has 3 atom stereocenters. The number of aromatic amines is 1. The number of hydrogen-bond donors (Lipinski definition) is 2. The van der Waals surface area contributed by atoms with Gasteiger partial charge in [0.2, 0.25) is 5.16 Å².